The van der Waals surface area contributed by atoms with Crippen molar-refractivity contribution in [3.8, 4) is 11.5 Å². The Bertz CT molecular complexity index is 796. The molecular formula is C22H33N3O3S. The number of nitrogens with one attached hydrogen (secondary N) is 1. The summed E-state index contributed by atoms with van der Waals surface area (Å²) in [6.07, 6.45) is 2.19. The smallest absolute Gasteiger partial charge is 0.232 e. The van der Waals surface area contributed by atoms with Gasteiger partial charge in [-0.25, -0.2) is 4.98 Å². The Morgan fingerprint density at radius 3 is 2.38 bits per heavy atom. The zero-order valence-corrected chi connectivity index (χ0v) is 18.8. The third kappa shape index (κ3) is 7.74. The molecule has 0 spiro atoms. The lowest BCUT2D eigenvalue weighted by atomic mass is 10.1. The minimum Gasteiger partial charge on any atom is -0.441 e. The van der Waals surface area contributed by atoms with Crippen LogP contribution in [0.4, 0.5) is 0 Å². The van der Waals surface area contributed by atoms with Gasteiger partial charge in [0.05, 0.1) is 11.4 Å². The molecular weight excluding hydrogens is 386 g/mol. The largest absolute Gasteiger partial charge is 0.441 e. The van der Waals surface area contributed by atoms with Crippen molar-refractivity contribution in [1.29, 1.82) is 0 Å². The third-order valence-corrected chi connectivity index (χ3v) is 5.79. The van der Waals surface area contributed by atoms with Crippen LogP contribution >= 0.6 is 0 Å². The number of benzene rings is 1. The van der Waals surface area contributed by atoms with Gasteiger partial charge in [0, 0.05) is 29.5 Å². The van der Waals surface area contributed by atoms with E-state index in [-0.39, 0.29) is 17.4 Å². The number of rotatable bonds is 12. The van der Waals surface area contributed by atoms with Crippen molar-refractivity contribution in [2.45, 2.75) is 46.3 Å². The van der Waals surface area contributed by atoms with Gasteiger partial charge in [0.15, 0.2) is 0 Å². The first-order valence-electron chi connectivity index (χ1n) is 10.3. The number of aromatic nitrogens is 1. The first-order chi connectivity index (χ1) is 13.9. The Labute approximate surface area is 176 Å². The van der Waals surface area contributed by atoms with Crippen LogP contribution in [0.5, 0.6) is 0 Å². The second-order valence-corrected chi connectivity index (χ2v) is 8.77. The van der Waals surface area contributed by atoms with Crippen molar-refractivity contribution in [1.82, 2.24) is 15.2 Å². The van der Waals surface area contributed by atoms with Crippen LogP contribution < -0.4 is 5.32 Å². The van der Waals surface area contributed by atoms with Gasteiger partial charge >= 0.3 is 0 Å². The van der Waals surface area contributed by atoms with Crippen LogP contribution in [0.1, 0.15) is 43.7 Å². The molecule has 29 heavy (non-hydrogen) atoms. The quantitative estimate of drug-likeness (QED) is 0.570. The van der Waals surface area contributed by atoms with E-state index < -0.39 is 10.8 Å². The van der Waals surface area contributed by atoms with Gasteiger partial charge in [-0.2, -0.15) is 0 Å². The maximum absolute atomic E-state index is 12.4. The van der Waals surface area contributed by atoms with E-state index in [9.17, 15) is 9.00 Å². The van der Waals surface area contributed by atoms with E-state index in [4.69, 9.17) is 4.42 Å². The molecule has 1 aromatic heterocycles. The van der Waals surface area contributed by atoms with Crippen molar-refractivity contribution in [3.63, 3.8) is 0 Å². The number of aryl methyl sites for hydroxylation is 2. The molecule has 0 aliphatic heterocycles. The molecule has 1 aromatic carbocycles. The Morgan fingerprint density at radius 1 is 1.10 bits per heavy atom. The number of hydrogen-bond donors (Lipinski definition) is 1. The van der Waals surface area contributed by atoms with Gasteiger partial charge in [-0.1, -0.05) is 31.5 Å². The summed E-state index contributed by atoms with van der Waals surface area (Å²) >= 11 is 0. The average Bonchev–Trinajstić information content (AvgIpc) is 3.03. The Morgan fingerprint density at radius 2 is 1.76 bits per heavy atom. The Kier molecular flexibility index (Phi) is 9.54. The van der Waals surface area contributed by atoms with E-state index in [2.05, 4.69) is 29.0 Å². The first-order valence-corrected chi connectivity index (χ1v) is 11.8. The third-order valence-electron chi connectivity index (χ3n) is 4.61. The number of nitrogens with zero attached hydrogens (tertiary/aromatic N) is 2. The molecule has 0 fully saturated rings. The highest BCUT2D eigenvalue weighted by molar-refractivity contribution is 7.84. The standard InChI is InChI=1S/C22H33N3O3S/c1-5-12-25(13-6-2)14-11-23-21(26)16-29(27)15-20-18(4)28-22(24-20)19-9-7-17(3)8-10-19/h7-10H,5-6,11-16H2,1-4H3,(H,23,26)/t29-/m1/s1. The van der Waals surface area contributed by atoms with Gasteiger partial charge in [0.2, 0.25) is 11.8 Å². The lowest BCUT2D eigenvalue weighted by Crippen LogP contribution is -2.37. The van der Waals surface area contributed by atoms with Crippen molar-refractivity contribution >= 4 is 16.7 Å². The lowest BCUT2D eigenvalue weighted by Gasteiger charge is -2.20. The van der Waals surface area contributed by atoms with Gasteiger partial charge in [-0.3, -0.25) is 9.00 Å². The van der Waals surface area contributed by atoms with E-state index >= 15 is 0 Å². The minimum atomic E-state index is -1.33. The Balaban J connectivity index is 1.82. The summed E-state index contributed by atoms with van der Waals surface area (Å²) < 4.78 is 18.2. The van der Waals surface area contributed by atoms with Crippen LogP contribution in [0.2, 0.25) is 0 Å². The molecule has 160 valence electrons. The number of hydrogen-bond acceptors (Lipinski definition) is 5. The van der Waals surface area contributed by atoms with Crippen LogP contribution in [0.3, 0.4) is 0 Å². The summed E-state index contributed by atoms with van der Waals surface area (Å²) in [5, 5.41) is 2.88. The fourth-order valence-corrected chi connectivity index (χ4v) is 4.17. The molecule has 0 bridgehead atoms. The molecule has 0 saturated carbocycles. The molecule has 1 N–H and O–H groups in total. The minimum absolute atomic E-state index is 0.0201. The molecule has 2 rings (SSSR count). The second kappa shape index (κ2) is 11.9. The number of oxazole rings is 1. The van der Waals surface area contributed by atoms with Crippen molar-refractivity contribution < 1.29 is 13.4 Å². The number of carbonyl (C=O) groups is 1. The predicted molar refractivity (Wildman–Crippen MR) is 118 cm³/mol. The molecule has 0 radical (unpaired) electrons. The van der Waals surface area contributed by atoms with E-state index in [1.54, 1.807) is 0 Å². The molecule has 0 saturated heterocycles. The summed E-state index contributed by atoms with van der Waals surface area (Å²) in [7, 11) is -1.33. The Hall–Kier alpha value is -1.99. The maximum atomic E-state index is 12.4. The molecule has 1 atom stereocenters. The molecule has 0 aliphatic carbocycles. The molecule has 0 unspecified atom stereocenters. The zero-order valence-electron chi connectivity index (χ0n) is 18.0. The molecule has 2 aromatic rings. The van der Waals surface area contributed by atoms with Crippen LogP contribution in [-0.4, -0.2) is 51.9 Å². The average molecular weight is 420 g/mol. The predicted octanol–water partition coefficient (Wildman–Crippen LogP) is 3.45. The van der Waals surface area contributed by atoms with Gasteiger partial charge in [-0.05, 0) is 51.9 Å². The van der Waals surface area contributed by atoms with E-state index in [0.717, 1.165) is 43.6 Å². The maximum Gasteiger partial charge on any atom is 0.232 e. The van der Waals surface area contributed by atoms with Crippen molar-refractivity contribution in [3.05, 3.63) is 41.3 Å². The van der Waals surface area contributed by atoms with Crippen LogP contribution in [0.25, 0.3) is 11.5 Å². The van der Waals surface area contributed by atoms with Crippen molar-refractivity contribution in [2.24, 2.45) is 0 Å². The van der Waals surface area contributed by atoms with E-state index in [1.807, 2.05) is 38.1 Å². The van der Waals surface area contributed by atoms with Crippen LogP contribution in [-0.2, 0) is 21.3 Å². The number of amides is 1. The summed E-state index contributed by atoms with van der Waals surface area (Å²) in [6, 6.07) is 7.91. The summed E-state index contributed by atoms with van der Waals surface area (Å²) in [5.41, 5.74) is 2.69. The lowest BCUT2D eigenvalue weighted by molar-refractivity contribution is -0.118. The highest BCUT2D eigenvalue weighted by atomic mass is 32.2. The molecule has 6 nitrogen and oxygen atoms in total. The van der Waals surface area contributed by atoms with Crippen LogP contribution in [0, 0.1) is 13.8 Å². The van der Waals surface area contributed by atoms with Crippen molar-refractivity contribution in [2.75, 3.05) is 31.9 Å². The first kappa shape index (κ1) is 23.3. The fraction of sp³-hybridized carbons (Fsp3) is 0.545. The normalized spacial score (nSPS) is 12.3. The molecule has 0 aliphatic rings. The highest BCUT2D eigenvalue weighted by Gasteiger charge is 2.16. The fourth-order valence-electron chi connectivity index (χ4n) is 3.10. The number of carbonyl (C=O) groups excluding carboxylic acids is 1. The second-order valence-electron chi connectivity index (χ2n) is 7.31. The highest BCUT2D eigenvalue weighted by Crippen LogP contribution is 2.22. The molecule has 7 heteroatoms. The zero-order chi connectivity index (χ0) is 21.2. The van der Waals surface area contributed by atoms with E-state index in [0.29, 0.717) is 23.9 Å². The SMILES string of the molecule is CCCN(CCC)CCNC(=O)C[S@](=O)Cc1nc(-c2ccc(C)cc2)oc1C. The van der Waals surface area contributed by atoms with Gasteiger partial charge in [0.1, 0.15) is 11.5 Å². The van der Waals surface area contributed by atoms with Gasteiger partial charge in [0.25, 0.3) is 0 Å². The monoisotopic (exact) mass is 419 g/mol. The summed E-state index contributed by atoms with van der Waals surface area (Å²) in [4.78, 5) is 18.9. The van der Waals surface area contributed by atoms with E-state index in [1.165, 1.54) is 0 Å². The molecule has 1 heterocycles. The summed E-state index contributed by atoms with van der Waals surface area (Å²) in [6.45, 7) is 11.6. The van der Waals surface area contributed by atoms with Gasteiger partial charge in [-0.15, -0.1) is 0 Å². The van der Waals surface area contributed by atoms with Crippen LogP contribution in [0.15, 0.2) is 28.7 Å². The van der Waals surface area contributed by atoms with Gasteiger partial charge < -0.3 is 14.6 Å². The molecule has 1 amide bonds. The topological polar surface area (TPSA) is 75.4 Å². The summed E-state index contributed by atoms with van der Waals surface area (Å²) in [5.74, 6) is 1.17.